The van der Waals surface area contributed by atoms with Gasteiger partial charge in [0.1, 0.15) is 0 Å². The summed E-state index contributed by atoms with van der Waals surface area (Å²) in [6.07, 6.45) is 0.171. The highest BCUT2D eigenvalue weighted by Crippen LogP contribution is 2.19. The van der Waals surface area contributed by atoms with Crippen LogP contribution in [0.2, 0.25) is 5.02 Å². The Labute approximate surface area is 87.8 Å². The summed E-state index contributed by atoms with van der Waals surface area (Å²) in [5.74, 6) is -0.280. The third-order valence-electron chi connectivity index (χ3n) is 1.88. The van der Waals surface area contributed by atoms with E-state index in [4.69, 9.17) is 16.3 Å². The quantitative estimate of drug-likeness (QED) is 0.719. The summed E-state index contributed by atoms with van der Waals surface area (Å²) >= 11 is 5.97. The second kappa shape index (κ2) is 4.46. The Balaban J connectivity index is 2.81. The van der Waals surface area contributed by atoms with Crippen LogP contribution in [-0.2, 0) is 23.0 Å². The molecular formula is C9H13ClN2O2. The fraction of sp³-hybridized carbons (Fsp3) is 0.556. The van der Waals surface area contributed by atoms with Gasteiger partial charge in [-0.3, -0.25) is 9.48 Å². The van der Waals surface area contributed by atoms with Gasteiger partial charge in [0, 0.05) is 7.05 Å². The smallest absolute Gasteiger partial charge is 0.311 e. The van der Waals surface area contributed by atoms with Crippen LogP contribution in [0.3, 0.4) is 0 Å². The van der Waals surface area contributed by atoms with E-state index in [1.54, 1.807) is 25.6 Å². The van der Waals surface area contributed by atoms with Crippen molar-refractivity contribution in [3.8, 4) is 0 Å². The van der Waals surface area contributed by atoms with E-state index in [0.29, 0.717) is 17.3 Å². The lowest BCUT2D eigenvalue weighted by Gasteiger charge is -2.02. The van der Waals surface area contributed by atoms with E-state index < -0.39 is 0 Å². The highest BCUT2D eigenvalue weighted by atomic mass is 35.5. The lowest BCUT2D eigenvalue weighted by Crippen LogP contribution is -2.11. The third-order valence-corrected chi connectivity index (χ3v) is 2.37. The van der Waals surface area contributed by atoms with E-state index in [0.717, 1.165) is 5.69 Å². The number of aryl methyl sites for hydroxylation is 2. The molecular weight excluding hydrogens is 204 g/mol. The third kappa shape index (κ3) is 2.26. The van der Waals surface area contributed by atoms with Crippen molar-refractivity contribution in [2.75, 3.05) is 6.61 Å². The van der Waals surface area contributed by atoms with Crippen LogP contribution in [0, 0.1) is 6.92 Å². The first-order valence-corrected chi connectivity index (χ1v) is 4.77. The predicted molar refractivity (Wildman–Crippen MR) is 53.3 cm³/mol. The summed E-state index contributed by atoms with van der Waals surface area (Å²) < 4.78 is 6.43. The number of nitrogens with zero attached hydrogens (tertiary/aromatic N) is 2. The molecule has 0 saturated carbocycles. The number of hydrogen-bond acceptors (Lipinski definition) is 3. The number of esters is 1. The van der Waals surface area contributed by atoms with E-state index in [9.17, 15) is 4.79 Å². The van der Waals surface area contributed by atoms with Gasteiger partial charge in [0.2, 0.25) is 0 Å². The van der Waals surface area contributed by atoms with Crippen molar-refractivity contribution in [1.29, 1.82) is 0 Å². The average molecular weight is 217 g/mol. The van der Waals surface area contributed by atoms with Crippen molar-refractivity contribution in [2.24, 2.45) is 7.05 Å². The van der Waals surface area contributed by atoms with E-state index >= 15 is 0 Å². The molecule has 5 heteroatoms. The number of aromatic nitrogens is 2. The normalized spacial score (nSPS) is 10.3. The molecule has 0 aliphatic carbocycles. The predicted octanol–water partition coefficient (Wildman–Crippen LogP) is 1.49. The van der Waals surface area contributed by atoms with Crippen molar-refractivity contribution in [3.05, 3.63) is 16.4 Å². The Kier molecular flexibility index (Phi) is 3.52. The zero-order valence-corrected chi connectivity index (χ0v) is 9.26. The standard InChI is InChI=1S/C9H13ClN2O2/c1-4-14-8(13)5-7-9(10)6(2)11-12(7)3/h4-5H2,1-3H3. The van der Waals surface area contributed by atoms with Crippen LogP contribution in [0.25, 0.3) is 0 Å². The molecule has 0 radical (unpaired) electrons. The van der Waals surface area contributed by atoms with Crippen LogP contribution in [0.5, 0.6) is 0 Å². The molecule has 0 amide bonds. The van der Waals surface area contributed by atoms with Gasteiger partial charge >= 0.3 is 5.97 Å². The SMILES string of the molecule is CCOC(=O)Cc1c(Cl)c(C)nn1C. The number of ether oxygens (including phenoxy) is 1. The lowest BCUT2D eigenvalue weighted by atomic mass is 10.3. The maximum atomic E-state index is 11.2. The maximum Gasteiger partial charge on any atom is 0.311 e. The first-order valence-electron chi connectivity index (χ1n) is 4.39. The molecule has 0 bridgehead atoms. The number of halogens is 1. The molecule has 1 aromatic rings. The van der Waals surface area contributed by atoms with Crippen LogP contribution in [0.4, 0.5) is 0 Å². The number of rotatable bonds is 3. The topological polar surface area (TPSA) is 44.1 Å². The molecule has 0 aromatic carbocycles. The molecule has 0 unspecified atom stereocenters. The van der Waals surface area contributed by atoms with Crippen LogP contribution < -0.4 is 0 Å². The molecule has 1 heterocycles. The molecule has 0 aliphatic heterocycles. The fourth-order valence-electron chi connectivity index (χ4n) is 1.22. The van der Waals surface area contributed by atoms with Crippen LogP contribution >= 0.6 is 11.6 Å². The fourth-order valence-corrected chi connectivity index (χ4v) is 1.45. The second-order valence-corrected chi connectivity index (χ2v) is 3.33. The molecule has 0 saturated heterocycles. The highest BCUT2D eigenvalue weighted by Gasteiger charge is 2.14. The Morgan fingerprint density at radius 2 is 2.29 bits per heavy atom. The van der Waals surface area contributed by atoms with Gasteiger partial charge in [0.15, 0.2) is 0 Å². The largest absolute Gasteiger partial charge is 0.466 e. The highest BCUT2D eigenvalue weighted by molar-refractivity contribution is 6.32. The van der Waals surface area contributed by atoms with Crippen LogP contribution in [0.1, 0.15) is 18.3 Å². The minimum atomic E-state index is -0.280. The minimum absolute atomic E-state index is 0.171. The number of hydrogen-bond donors (Lipinski definition) is 0. The zero-order chi connectivity index (χ0) is 10.7. The van der Waals surface area contributed by atoms with Gasteiger partial charge in [-0.05, 0) is 13.8 Å². The number of carbonyl (C=O) groups excluding carboxylic acids is 1. The minimum Gasteiger partial charge on any atom is -0.466 e. The van der Waals surface area contributed by atoms with Crippen molar-refractivity contribution < 1.29 is 9.53 Å². The molecule has 0 fully saturated rings. The van der Waals surface area contributed by atoms with Crippen molar-refractivity contribution in [1.82, 2.24) is 9.78 Å². The van der Waals surface area contributed by atoms with E-state index in [-0.39, 0.29) is 12.4 Å². The van der Waals surface area contributed by atoms with Gasteiger partial charge in [0.05, 0.1) is 29.4 Å². The Hall–Kier alpha value is -1.03. The number of carbonyl (C=O) groups is 1. The van der Waals surface area contributed by atoms with E-state index in [1.165, 1.54) is 0 Å². The van der Waals surface area contributed by atoms with Gasteiger partial charge in [0.25, 0.3) is 0 Å². The molecule has 0 spiro atoms. The van der Waals surface area contributed by atoms with Crippen molar-refractivity contribution in [2.45, 2.75) is 20.3 Å². The summed E-state index contributed by atoms with van der Waals surface area (Å²) in [6.45, 7) is 3.96. The van der Waals surface area contributed by atoms with Gasteiger partial charge in [-0.15, -0.1) is 0 Å². The summed E-state index contributed by atoms with van der Waals surface area (Å²) in [5, 5.41) is 4.64. The van der Waals surface area contributed by atoms with E-state index in [2.05, 4.69) is 5.10 Å². The molecule has 1 rings (SSSR count). The maximum absolute atomic E-state index is 11.2. The first kappa shape index (κ1) is 11.0. The van der Waals surface area contributed by atoms with E-state index in [1.807, 2.05) is 0 Å². The molecule has 78 valence electrons. The van der Waals surface area contributed by atoms with Gasteiger partial charge < -0.3 is 4.74 Å². The Morgan fingerprint density at radius 3 is 2.71 bits per heavy atom. The summed E-state index contributed by atoms with van der Waals surface area (Å²) in [6, 6.07) is 0. The molecule has 0 atom stereocenters. The van der Waals surface area contributed by atoms with Crippen molar-refractivity contribution in [3.63, 3.8) is 0 Å². The first-order chi connectivity index (χ1) is 6.56. The van der Waals surface area contributed by atoms with Crippen molar-refractivity contribution >= 4 is 17.6 Å². The molecule has 0 N–H and O–H groups in total. The van der Waals surface area contributed by atoms with Crippen LogP contribution in [-0.4, -0.2) is 22.4 Å². The second-order valence-electron chi connectivity index (χ2n) is 2.95. The average Bonchev–Trinajstić information content (AvgIpc) is 2.33. The summed E-state index contributed by atoms with van der Waals surface area (Å²) in [4.78, 5) is 11.2. The molecule has 0 aliphatic rings. The van der Waals surface area contributed by atoms with Gasteiger partial charge in [-0.25, -0.2) is 0 Å². The summed E-state index contributed by atoms with van der Waals surface area (Å²) in [7, 11) is 1.76. The van der Waals surface area contributed by atoms with Crippen LogP contribution in [0.15, 0.2) is 0 Å². The molecule has 14 heavy (non-hydrogen) atoms. The van der Waals surface area contributed by atoms with Gasteiger partial charge in [-0.2, -0.15) is 5.10 Å². The molecule has 4 nitrogen and oxygen atoms in total. The Morgan fingerprint density at radius 1 is 1.64 bits per heavy atom. The van der Waals surface area contributed by atoms with Gasteiger partial charge in [-0.1, -0.05) is 11.6 Å². The summed E-state index contributed by atoms with van der Waals surface area (Å²) in [5.41, 5.74) is 1.43. The Bertz CT molecular complexity index is 347. The molecule has 1 aromatic heterocycles. The monoisotopic (exact) mass is 216 g/mol. The lowest BCUT2D eigenvalue weighted by molar-refractivity contribution is -0.142. The zero-order valence-electron chi connectivity index (χ0n) is 8.50.